The Kier molecular flexibility index (Phi) is 7.98. The van der Waals surface area contributed by atoms with Crippen LogP contribution >= 0.6 is 11.3 Å². The molecule has 0 radical (unpaired) electrons. The molecular weight excluding hydrogens is 872 g/mol. The molecule has 0 unspecified atom stereocenters. The summed E-state index contributed by atoms with van der Waals surface area (Å²) in [5, 5.41) is 8.15. The Hall–Kier alpha value is -7.80. The second-order valence-electron chi connectivity index (χ2n) is 21.6. The summed E-state index contributed by atoms with van der Waals surface area (Å²) in [5.74, 6) is 0. The maximum absolute atomic E-state index is 7.30. The molecule has 0 saturated carbocycles. The van der Waals surface area contributed by atoms with E-state index < -0.39 is 0 Å². The number of thiophene rings is 1. The zero-order valence-corrected chi connectivity index (χ0v) is 40.8. The quantitative estimate of drug-likeness (QED) is 0.166. The Balaban J connectivity index is 1.18. The van der Waals surface area contributed by atoms with Crippen molar-refractivity contribution < 1.29 is 8.83 Å². The van der Waals surface area contributed by atoms with Crippen LogP contribution in [-0.4, -0.2) is 11.4 Å². The third-order valence-corrected chi connectivity index (χ3v) is 16.7. The first-order chi connectivity index (χ1) is 34.0. The van der Waals surface area contributed by atoms with Crippen LogP contribution in [0, 0.1) is 0 Å². The van der Waals surface area contributed by atoms with Gasteiger partial charge in [0.05, 0.1) is 16.4 Å². The van der Waals surface area contributed by atoms with E-state index in [1.54, 1.807) is 0 Å². The first kappa shape index (κ1) is 40.1. The van der Waals surface area contributed by atoms with Crippen LogP contribution in [0.2, 0.25) is 0 Å². The minimum atomic E-state index is -0.217. The van der Waals surface area contributed by atoms with Crippen LogP contribution in [0.3, 0.4) is 0 Å². The second-order valence-corrected chi connectivity index (χ2v) is 22.7. The van der Waals surface area contributed by atoms with E-state index >= 15 is 0 Å². The Morgan fingerprint density at radius 1 is 0.486 bits per heavy atom. The average Bonchev–Trinajstić information content (AvgIpc) is 4.14. The number of anilines is 2. The molecule has 0 aliphatic carbocycles. The van der Waals surface area contributed by atoms with Crippen LogP contribution in [0.1, 0.15) is 52.7 Å². The molecule has 6 heteroatoms. The normalized spacial score (nSPS) is 13.5. The van der Waals surface area contributed by atoms with Gasteiger partial charge in [-0.25, -0.2) is 0 Å². The summed E-state index contributed by atoms with van der Waals surface area (Å²) in [7, 11) is 0. The molecule has 4 nitrogen and oxygen atoms in total. The zero-order valence-electron chi connectivity index (χ0n) is 39.9. The molecule has 0 saturated heterocycles. The van der Waals surface area contributed by atoms with Gasteiger partial charge < -0.3 is 18.2 Å². The molecule has 0 fully saturated rings. The van der Waals surface area contributed by atoms with Crippen molar-refractivity contribution in [3.05, 3.63) is 187 Å². The zero-order chi connectivity index (χ0) is 46.9. The Bertz CT molecular complexity index is 4370. The van der Waals surface area contributed by atoms with E-state index in [0.29, 0.717) is 0 Å². The summed E-state index contributed by atoms with van der Waals surface area (Å²) < 4.78 is 18.0. The summed E-state index contributed by atoms with van der Waals surface area (Å²) in [6.45, 7) is 13.6. The molecule has 70 heavy (non-hydrogen) atoms. The van der Waals surface area contributed by atoms with Gasteiger partial charge in [-0.1, -0.05) is 157 Å². The van der Waals surface area contributed by atoms with Crippen molar-refractivity contribution in [3.8, 4) is 38.4 Å². The number of furan rings is 2. The highest BCUT2D eigenvalue weighted by molar-refractivity contribution is 7.23. The van der Waals surface area contributed by atoms with E-state index in [4.69, 9.17) is 8.83 Å². The van der Waals surface area contributed by atoms with Gasteiger partial charge in [0, 0.05) is 76.1 Å². The van der Waals surface area contributed by atoms with E-state index in [-0.39, 0.29) is 17.7 Å². The van der Waals surface area contributed by atoms with Gasteiger partial charge in [-0.3, -0.25) is 0 Å². The van der Waals surface area contributed by atoms with Gasteiger partial charge in [-0.15, -0.1) is 11.3 Å². The van der Waals surface area contributed by atoms with Gasteiger partial charge >= 0.3 is 6.85 Å². The lowest BCUT2D eigenvalue weighted by Gasteiger charge is -2.42. The summed E-state index contributed by atoms with van der Waals surface area (Å²) >= 11 is 1.90. The summed E-state index contributed by atoms with van der Waals surface area (Å²) in [6, 6.07) is 65.5. The van der Waals surface area contributed by atoms with Crippen molar-refractivity contribution in [1.82, 2.24) is 4.57 Å². The number of benzene rings is 9. The first-order valence-electron chi connectivity index (χ1n) is 24.5. The molecule has 4 aromatic heterocycles. The van der Waals surface area contributed by atoms with Gasteiger partial charge in [-0.05, 0) is 104 Å². The molecule has 9 aromatic carbocycles. The van der Waals surface area contributed by atoms with Crippen LogP contribution in [0.25, 0.3) is 114 Å². The third kappa shape index (κ3) is 5.43. The summed E-state index contributed by atoms with van der Waals surface area (Å²) in [5.41, 5.74) is 20.6. The van der Waals surface area contributed by atoms with Crippen LogP contribution in [0.5, 0.6) is 0 Å². The second kappa shape index (κ2) is 13.9. The number of fused-ring (bicyclic) bond motifs is 17. The largest absolute Gasteiger partial charge is 0.456 e. The lowest BCUT2D eigenvalue weighted by Crippen LogP contribution is -2.60. The highest BCUT2D eigenvalue weighted by Gasteiger charge is 2.47. The minimum absolute atomic E-state index is 0.00648. The van der Waals surface area contributed by atoms with Crippen molar-refractivity contribution in [3.63, 3.8) is 0 Å². The summed E-state index contributed by atoms with van der Waals surface area (Å²) in [6.07, 6.45) is 0. The van der Waals surface area contributed by atoms with Gasteiger partial charge in [0.2, 0.25) is 0 Å². The topological polar surface area (TPSA) is 34.5 Å². The van der Waals surface area contributed by atoms with Crippen molar-refractivity contribution in [2.45, 2.75) is 52.4 Å². The van der Waals surface area contributed by atoms with E-state index in [1.165, 1.54) is 92.3 Å². The summed E-state index contributed by atoms with van der Waals surface area (Å²) in [4.78, 5) is 3.92. The molecular formula is C64H47BN2O2S. The van der Waals surface area contributed by atoms with Crippen LogP contribution in [0.15, 0.2) is 185 Å². The molecule has 0 bridgehead atoms. The minimum Gasteiger partial charge on any atom is -0.456 e. The van der Waals surface area contributed by atoms with Crippen molar-refractivity contribution in [2.75, 3.05) is 4.81 Å². The first-order valence-corrected chi connectivity index (χ1v) is 25.3. The lowest BCUT2D eigenvalue weighted by atomic mass is 9.43. The molecule has 6 heterocycles. The fourth-order valence-corrected chi connectivity index (χ4v) is 13.4. The van der Waals surface area contributed by atoms with Crippen molar-refractivity contribution in [2.24, 2.45) is 0 Å². The highest BCUT2D eigenvalue weighted by Crippen LogP contribution is 2.54. The van der Waals surface area contributed by atoms with E-state index in [1.807, 2.05) is 11.3 Å². The lowest BCUT2D eigenvalue weighted by molar-refractivity contribution is 0.590. The fourth-order valence-electron chi connectivity index (χ4n) is 12.1. The Morgan fingerprint density at radius 3 is 1.87 bits per heavy atom. The molecule has 334 valence electrons. The average molecular weight is 919 g/mol. The molecule has 2 aliphatic rings. The van der Waals surface area contributed by atoms with Gasteiger partial charge in [0.25, 0.3) is 0 Å². The Labute approximate surface area is 410 Å². The third-order valence-electron chi connectivity index (χ3n) is 15.5. The van der Waals surface area contributed by atoms with E-state index in [2.05, 4.69) is 227 Å². The number of hydrogen-bond acceptors (Lipinski definition) is 4. The number of rotatable bonds is 3. The van der Waals surface area contributed by atoms with E-state index in [9.17, 15) is 0 Å². The Morgan fingerprint density at radius 2 is 1.14 bits per heavy atom. The van der Waals surface area contributed by atoms with Crippen molar-refractivity contribution in [1.29, 1.82) is 0 Å². The maximum atomic E-state index is 7.30. The van der Waals surface area contributed by atoms with Crippen LogP contribution < -0.4 is 15.7 Å². The highest BCUT2D eigenvalue weighted by atomic mass is 32.1. The predicted octanol–water partition coefficient (Wildman–Crippen LogP) is 17.0. The predicted molar refractivity (Wildman–Crippen MR) is 298 cm³/mol. The van der Waals surface area contributed by atoms with Gasteiger partial charge in [-0.2, -0.15) is 0 Å². The van der Waals surface area contributed by atoms with Gasteiger partial charge in [0.15, 0.2) is 0 Å². The smallest absolute Gasteiger partial charge is 0.333 e. The number of aromatic nitrogens is 1. The molecule has 0 amide bonds. The standard InChI is InChI=1S/C64H47BN2O2S/c1-63(2,3)38-25-28-40(29-26-38)67-49-35-53-43(41-21-13-15-23-51(41)68-53)32-45(49)56-57-42-22-14-16-24-52(42)69-61(57)58-44-31-39(64(4,5)6)27-30-48(44)66-50-33-46-54(34-47(50)65(67)59(56)60(58)66)70-62(37-19-11-8-12-20-37)55(46)36-17-9-7-10-18-36/h7-35H,1-6H3. The molecule has 15 rings (SSSR count). The number of nitrogens with zero attached hydrogens (tertiary/aromatic N) is 2. The van der Waals surface area contributed by atoms with Crippen LogP contribution in [-0.2, 0) is 10.8 Å². The maximum Gasteiger partial charge on any atom is 0.333 e. The molecule has 0 N–H and O–H groups in total. The number of hydrogen-bond donors (Lipinski definition) is 0. The molecule has 13 aromatic rings. The molecule has 2 aliphatic heterocycles. The molecule has 0 spiro atoms. The monoisotopic (exact) mass is 918 g/mol. The van der Waals surface area contributed by atoms with E-state index in [0.717, 1.165) is 55.3 Å². The molecule has 0 atom stereocenters. The van der Waals surface area contributed by atoms with Crippen LogP contribution in [0.4, 0.5) is 11.4 Å². The SMILES string of the molecule is CC(C)(C)c1ccc(N2B3c4cc5sc(-c6ccccc6)c(-c6ccccc6)c5cc4-n4c5ccc(C(C)(C)C)cc5c5c6oc7ccccc7c6c(c3c54)-c3cc4c(cc32)oc2ccccc24)cc1. The number of para-hydroxylation sites is 2. The van der Waals surface area contributed by atoms with Gasteiger partial charge in [0.1, 0.15) is 22.3 Å². The van der Waals surface area contributed by atoms with Crippen molar-refractivity contribution >= 4 is 116 Å². The fraction of sp³-hybridized carbons (Fsp3) is 0.125.